The third kappa shape index (κ3) is 3.07. The molecule has 2 heteroatoms. The van der Waals surface area contributed by atoms with Crippen LogP contribution in [0, 0.1) is 0 Å². The molecule has 0 amide bonds. The molecule has 0 bridgehead atoms. The first-order valence-electron chi connectivity index (χ1n) is 6.74. The molecule has 3 aromatic rings. The van der Waals surface area contributed by atoms with Gasteiger partial charge in [-0.2, -0.15) is 0 Å². The molecule has 110 valence electrons. The van der Waals surface area contributed by atoms with Gasteiger partial charge in [-0.25, -0.2) is 4.79 Å². The molecule has 0 aliphatic rings. The van der Waals surface area contributed by atoms with Crippen LogP contribution in [0.25, 0.3) is 22.3 Å². The number of aromatic carboxylic acids is 1. The van der Waals surface area contributed by atoms with Gasteiger partial charge in [-0.05, 0) is 34.4 Å². The second-order valence-corrected chi connectivity index (χ2v) is 4.80. The predicted octanol–water partition coefficient (Wildman–Crippen LogP) is 5.35. The summed E-state index contributed by atoms with van der Waals surface area (Å²) in [5, 5.41) is 9.14. The zero-order valence-corrected chi connectivity index (χ0v) is 11.4. The highest BCUT2D eigenvalue weighted by atomic mass is 16.4. The van der Waals surface area contributed by atoms with Gasteiger partial charge in [-0.1, -0.05) is 74.2 Å². The maximum absolute atomic E-state index is 11.1. The lowest BCUT2D eigenvalue weighted by Gasteiger charge is -2.10. The van der Waals surface area contributed by atoms with Gasteiger partial charge in [0.25, 0.3) is 0 Å². The van der Waals surface area contributed by atoms with Crippen LogP contribution in [0.1, 0.15) is 17.8 Å². The molecular weight excluding hydrogens is 272 g/mol. The summed E-state index contributed by atoms with van der Waals surface area (Å²) in [6.07, 6.45) is 0. The van der Waals surface area contributed by atoms with Crippen LogP contribution in [0.15, 0.2) is 78.9 Å². The molecule has 0 saturated heterocycles. The van der Waals surface area contributed by atoms with Gasteiger partial charge in [0.1, 0.15) is 0 Å². The Labute approximate surface area is 130 Å². The number of carbonyl (C=O) groups is 1. The first-order valence-corrected chi connectivity index (χ1v) is 6.74. The molecule has 1 N–H and O–H groups in total. The fraction of sp³-hybridized carbons (Fsp3) is 0.0500. The molecule has 3 rings (SSSR count). The van der Waals surface area contributed by atoms with Gasteiger partial charge in [0, 0.05) is 0 Å². The molecule has 0 heterocycles. The van der Waals surface area contributed by atoms with Gasteiger partial charge < -0.3 is 5.11 Å². The van der Waals surface area contributed by atoms with E-state index < -0.39 is 5.97 Å². The molecule has 0 radical (unpaired) electrons. The summed E-state index contributed by atoms with van der Waals surface area (Å²) in [7, 11) is 0. The monoisotopic (exact) mass is 290 g/mol. The number of hydrogen-bond acceptors (Lipinski definition) is 1. The third-order valence-electron chi connectivity index (χ3n) is 3.43. The van der Waals surface area contributed by atoms with Gasteiger partial charge in [0.15, 0.2) is 0 Å². The van der Waals surface area contributed by atoms with E-state index in [0.29, 0.717) is 5.56 Å². The second kappa shape index (κ2) is 6.72. The Bertz CT molecular complexity index is 776. The molecule has 0 saturated carbocycles. The Kier molecular flexibility index (Phi) is 4.74. The molecule has 0 aliphatic heterocycles. The Morgan fingerprint density at radius 1 is 0.682 bits per heavy atom. The molecule has 0 aromatic heterocycles. The molecule has 0 spiro atoms. The van der Waals surface area contributed by atoms with Crippen LogP contribution in [0.5, 0.6) is 0 Å². The molecular formula is C20H18O2. The van der Waals surface area contributed by atoms with E-state index in [4.69, 9.17) is 5.11 Å². The Morgan fingerprint density at radius 2 is 1.23 bits per heavy atom. The minimum absolute atomic E-state index is 0. The lowest BCUT2D eigenvalue weighted by Crippen LogP contribution is -1.96. The van der Waals surface area contributed by atoms with Crippen molar-refractivity contribution in [1.29, 1.82) is 0 Å². The summed E-state index contributed by atoms with van der Waals surface area (Å²) < 4.78 is 0. The highest BCUT2D eigenvalue weighted by Crippen LogP contribution is 2.32. The van der Waals surface area contributed by atoms with Crippen molar-refractivity contribution in [2.24, 2.45) is 0 Å². The maximum atomic E-state index is 11.1. The predicted molar refractivity (Wildman–Crippen MR) is 91.0 cm³/mol. The lowest BCUT2D eigenvalue weighted by atomic mass is 9.94. The van der Waals surface area contributed by atoms with Crippen LogP contribution in [0.4, 0.5) is 0 Å². The fourth-order valence-electron chi connectivity index (χ4n) is 2.42. The van der Waals surface area contributed by atoms with Gasteiger partial charge >= 0.3 is 5.97 Å². The average Bonchev–Trinajstić information content (AvgIpc) is 2.56. The smallest absolute Gasteiger partial charge is 0.335 e. The summed E-state index contributed by atoms with van der Waals surface area (Å²) in [4.78, 5) is 11.1. The number of rotatable bonds is 3. The fourth-order valence-corrected chi connectivity index (χ4v) is 2.42. The van der Waals surface area contributed by atoms with Crippen LogP contribution in [0.3, 0.4) is 0 Å². The van der Waals surface area contributed by atoms with Crippen molar-refractivity contribution in [2.45, 2.75) is 7.43 Å². The first kappa shape index (κ1) is 15.5. The summed E-state index contributed by atoms with van der Waals surface area (Å²) in [5.74, 6) is -0.908. The van der Waals surface area contributed by atoms with E-state index in [-0.39, 0.29) is 7.43 Å². The van der Waals surface area contributed by atoms with Crippen molar-refractivity contribution in [3.63, 3.8) is 0 Å². The number of carboxylic acids is 1. The standard InChI is InChI=1S/C19H14O2.CH4/c20-19(21)16-10-6-9-15(13-16)18-12-5-4-11-17(18)14-7-2-1-3-8-14;/h1-13H,(H,20,21);1H4. The lowest BCUT2D eigenvalue weighted by molar-refractivity contribution is 0.0697. The molecule has 2 nitrogen and oxygen atoms in total. The largest absolute Gasteiger partial charge is 0.478 e. The second-order valence-electron chi connectivity index (χ2n) is 4.80. The van der Waals surface area contributed by atoms with E-state index in [1.165, 1.54) is 0 Å². The van der Waals surface area contributed by atoms with Gasteiger partial charge in [0.05, 0.1) is 5.56 Å². The molecule has 0 atom stereocenters. The van der Waals surface area contributed by atoms with Crippen LogP contribution in [-0.2, 0) is 0 Å². The van der Waals surface area contributed by atoms with Crippen LogP contribution >= 0.6 is 0 Å². The Morgan fingerprint density at radius 3 is 1.86 bits per heavy atom. The van der Waals surface area contributed by atoms with E-state index in [2.05, 4.69) is 18.2 Å². The van der Waals surface area contributed by atoms with E-state index in [1.54, 1.807) is 18.2 Å². The van der Waals surface area contributed by atoms with Crippen LogP contribution < -0.4 is 0 Å². The summed E-state index contributed by atoms with van der Waals surface area (Å²) in [5.41, 5.74) is 4.46. The first-order chi connectivity index (χ1) is 10.3. The highest BCUT2D eigenvalue weighted by molar-refractivity contribution is 5.91. The van der Waals surface area contributed by atoms with Gasteiger partial charge in [-0.15, -0.1) is 0 Å². The molecule has 22 heavy (non-hydrogen) atoms. The topological polar surface area (TPSA) is 37.3 Å². The van der Waals surface area contributed by atoms with Crippen molar-refractivity contribution in [3.05, 3.63) is 84.4 Å². The van der Waals surface area contributed by atoms with Gasteiger partial charge in [0.2, 0.25) is 0 Å². The number of benzene rings is 3. The molecule has 0 unspecified atom stereocenters. The third-order valence-corrected chi connectivity index (χ3v) is 3.43. The van der Waals surface area contributed by atoms with Crippen molar-refractivity contribution in [1.82, 2.24) is 0 Å². The van der Waals surface area contributed by atoms with Crippen molar-refractivity contribution >= 4 is 5.97 Å². The maximum Gasteiger partial charge on any atom is 0.335 e. The zero-order valence-electron chi connectivity index (χ0n) is 11.4. The van der Waals surface area contributed by atoms with E-state index in [9.17, 15) is 4.79 Å². The normalized spacial score (nSPS) is 9.82. The minimum atomic E-state index is -0.908. The van der Waals surface area contributed by atoms with Crippen molar-refractivity contribution < 1.29 is 9.90 Å². The van der Waals surface area contributed by atoms with E-state index in [1.807, 2.05) is 42.5 Å². The van der Waals surface area contributed by atoms with E-state index >= 15 is 0 Å². The summed E-state index contributed by atoms with van der Waals surface area (Å²) in [6.45, 7) is 0. The van der Waals surface area contributed by atoms with Gasteiger partial charge in [-0.3, -0.25) is 0 Å². The molecule has 0 fully saturated rings. The zero-order chi connectivity index (χ0) is 14.7. The number of hydrogen-bond donors (Lipinski definition) is 1. The Hall–Kier alpha value is -2.87. The average molecular weight is 290 g/mol. The van der Waals surface area contributed by atoms with Crippen LogP contribution in [-0.4, -0.2) is 11.1 Å². The van der Waals surface area contributed by atoms with Crippen LogP contribution in [0.2, 0.25) is 0 Å². The van der Waals surface area contributed by atoms with Crippen molar-refractivity contribution in [3.8, 4) is 22.3 Å². The summed E-state index contributed by atoms with van der Waals surface area (Å²) >= 11 is 0. The SMILES string of the molecule is C.O=C(O)c1cccc(-c2ccccc2-c2ccccc2)c1. The van der Waals surface area contributed by atoms with Crippen molar-refractivity contribution in [2.75, 3.05) is 0 Å². The minimum Gasteiger partial charge on any atom is -0.478 e. The molecule has 3 aromatic carbocycles. The summed E-state index contributed by atoms with van der Waals surface area (Å²) in [6, 6.07) is 25.2. The number of carboxylic acid groups (broad SMARTS) is 1. The molecule has 0 aliphatic carbocycles. The highest BCUT2D eigenvalue weighted by Gasteiger charge is 2.09. The quantitative estimate of drug-likeness (QED) is 0.705. The van der Waals surface area contributed by atoms with E-state index in [0.717, 1.165) is 22.3 Å². The Balaban J connectivity index is 0.00000176.